The van der Waals surface area contributed by atoms with Crippen LogP contribution in [0.3, 0.4) is 0 Å². The number of nitrogens with zero attached hydrogens (tertiary/aromatic N) is 2. The maximum absolute atomic E-state index is 13.7. The van der Waals surface area contributed by atoms with Gasteiger partial charge in [-0.2, -0.15) is 13.2 Å². The van der Waals surface area contributed by atoms with E-state index >= 15 is 0 Å². The Labute approximate surface area is 178 Å². The van der Waals surface area contributed by atoms with Crippen molar-refractivity contribution >= 4 is 11.5 Å². The van der Waals surface area contributed by atoms with Gasteiger partial charge < -0.3 is 10.2 Å². The zero-order valence-electron chi connectivity index (χ0n) is 17.0. The first kappa shape index (κ1) is 21.1. The first-order chi connectivity index (χ1) is 14.8. The van der Waals surface area contributed by atoms with Crippen molar-refractivity contribution in [2.24, 2.45) is 0 Å². The van der Waals surface area contributed by atoms with Crippen LogP contribution in [0.1, 0.15) is 38.8 Å². The summed E-state index contributed by atoms with van der Waals surface area (Å²) >= 11 is 0. The summed E-state index contributed by atoms with van der Waals surface area (Å²) in [5.41, 5.74) is 1.00. The van der Waals surface area contributed by atoms with Gasteiger partial charge in [-0.1, -0.05) is 30.3 Å². The van der Waals surface area contributed by atoms with Gasteiger partial charge >= 0.3 is 6.18 Å². The Balaban J connectivity index is 1.70. The molecule has 1 saturated heterocycles. The van der Waals surface area contributed by atoms with Crippen LogP contribution < -0.4 is 10.2 Å². The van der Waals surface area contributed by atoms with Crippen molar-refractivity contribution in [2.75, 3.05) is 24.5 Å². The molecule has 0 aliphatic carbocycles. The van der Waals surface area contributed by atoms with E-state index in [9.17, 15) is 18.0 Å². The van der Waals surface area contributed by atoms with Gasteiger partial charge in [0.2, 0.25) is 0 Å². The Morgan fingerprint density at radius 2 is 1.84 bits per heavy atom. The van der Waals surface area contributed by atoms with Crippen molar-refractivity contribution < 1.29 is 18.0 Å². The van der Waals surface area contributed by atoms with Crippen LogP contribution in [0.4, 0.5) is 18.9 Å². The summed E-state index contributed by atoms with van der Waals surface area (Å²) in [6, 6.07) is 16.8. The normalized spacial score (nSPS) is 16.9. The monoisotopic (exact) mass is 425 g/mol. The SMILES string of the molecule is Cc1ncccc1C(=O)c1cc(N2CCNC(c3ccccc3)C2)ccc1C(F)(F)F. The molecule has 1 atom stereocenters. The van der Waals surface area contributed by atoms with Crippen LogP contribution in [-0.4, -0.2) is 30.4 Å². The fraction of sp³-hybridized carbons (Fsp3) is 0.250. The average molecular weight is 425 g/mol. The Morgan fingerprint density at radius 3 is 2.55 bits per heavy atom. The molecule has 1 aliphatic heterocycles. The molecule has 0 bridgehead atoms. The van der Waals surface area contributed by atoms with Gasteiger partial charge in [-0.15, -0.1) is 0 Å². The summed E-state index contributed by atoms with van der Waals surface area (Å²) < 4.78 is 41.1. The number of hydrogen-bond donors (Lipinski definition) is 1. The Hall–Kier alpha value is -3.19. The Kier molecular flexibility index (Phi) is 5.78. The number of nitrogens with one attached hydrogen (secondary N) is 1. The maximum Gasteiger partial charge on any atom is 0.417 e. The summed E-state index contributed by atoms with van der Waals surface area (Å²) in [5.74, 6) is -0.672. The van der Waals surface area contributed by atoms with E-state index in [0.717, 1.165) is 11.6 Å². The Bertz CT molecular complexity index is 1080. The minimum atomic E-state index is -4.63. The van der Waals surface area contributed by atoms with Gasteiger partial charge in [0.15, 0.2) is 5.78 Å². The highest BCUT2D eigenvalue weighted by molar-refractivity contribution is 6.11. The smallest absolute Gasteiger partial charge is 0.368 e. The standard InChI is InChI=1S/C24H22F3N3O/c1-16-19(8-5-11-28-16)23(31)20-14-18(9-10-21(20)24(25,26)27)30-13-12-29-22(15-30)17-6-3-2-4-7-17/h2-11,14,22,29H,12-13,15H2,1H3. The third-order valence-electron chi connectivity index (χ3n) is 5.55. The molecule has 1 aliphatic rings. The van der Waals surface area contributed by atoms with E-state index in [1.165, 1.54) is 24.4 Å². The van der Waals surface area contributed by atoms with Gasteiger partial charge in [0.05, 0.1) is 5.56 Å². The van der Waals surface area contributed by atoms with Crippen molar-refractivity contribution in [1.29, 1.82) is 0 Å². The zero-order chi connectivity index (χ0) is 22.0. The molecule has 2 heterocycles. The fourth-order valence-corrected chi connectivity index (χ4v) is 3.93. The molecule has 7 heteroatoms. The van der Waals surface area contributed by atoms with Gasteiger partial charge in [0.1, 0.15) is 0 Å². The molecule has 0 saturated carbocycles. The molecule has 1 unspecified atom stereocenters. The lowest BCUT2D eigenvalue weighted by Crippen LogP contribution is -2.46. The van der Waals surface area contributed by atoms with E-state index in [-0.39, 0.29) is 17.2 Å². The molecule has 3 aromatic rings. The molecule has 4 nitrogen and oxygen atoms in total. The highest BCUT2D eigenvalue weighted by Gasteiger charge is 2.36. The summed E-state index contributed by atoms with van der Waals surface area (Å²) in [4.78, 5) is 19.2. The quantitative estimate of drug-likeness (QED) is 0.611. The predicted molar refractivity (Wildman–Crippen MR) is 113 cm³/mol. The molecule has 1 N–H and O–H groups in total. The number of halogens is 3. The fourth-order valence-electron chi connectivity index (χ4n) is 3.93. The minimum absolute atomic E-state index is 0.0527. The lowest BCUT2D eigenvalue weighted by molar-refractivity contribution is -0.137. The second-order valence-corrected chi connectivity index (χ2v) is 7.56. The van der Waals surface area contributed by atoms with Crippen LogP contribution in [-0.2, 0) is 6.18 Å². The number of carbonyl (C=O) groups is 1. The number of rotatable bonds is 4. The van der Waals surface area contributed by atoms with Crippen molar-refractivity contribution in [2.45, 2.75) is 19.1 Å². The van der Waals surface area contributed by atoms with E-state index < -0.39 is 17.5 Å². The number of hydrogen-bond acceptors (Lipinski definition) is 4. The molecule has 4 rings (SSSR count). The first-order valence-electron chi connectivity index (χ1n) is 10.1. The minimum Gasteiger partial charge on any atom is -0.368 e. The number of benzene rings is 2. The second-order valence-electron chi connectivity index (χ2n) is 7.56. The highest BCUT2D eigenvalue weighted by atomic mass is 19.4. The van der Waals surface area contributed by atoms with Gasteiger partial charge in [-0.3, -0.25) is 9.78 Å². The molecule has 31 heavy (non-hydrogen) atoms. The third-order valence-corrected chi connectivity index (χ3v) is 5.55. The maximum atomic E-state index is 13.7. The number of carbonyl (C=O) groups excluding carboxylic acids is 1. The van der Waals surface area contributed by atoms with E-state index in [1.807, 2.05) is 35.2 Å². The number of aryl methyl sites for hydroxylation is 1. The molecule has 0 radical (unpaired) electrons. The summed E-state index contributed by atoms with van der Waals surface area (Å²) in [7, 11) is 0. The highest BCUT2D eigenvalue weighted by Crippen LogP contribution is 2.36. The predicted octanol–water partition coefficient (Wildman–Crippen LogP) is 4.79. The molecular formula is C24H22F3N3O. The van der Waals surface area contributed by atoms with Crippen molar-refractivity contribution in [3.63, 3.8) is 0 Å². The van der Waals surface area contributed by atoms with Crippen LogP contribution in [0, 0.1) is 6.92 Å². The van der Waals surface area contributed by atoms with Crippen LogP contribution in [0.2, 0.25) is 0 Å². The van der Waals surface area contributed by atoms with Crippen molar-refractivity contribution in [1.82, 2.24) is 10.3 Å². The van der Waals surface area contributed by atoms with Gasteiger partial charge in [-0.25, -0.2) is 0 Å². The number of aromatic nitrogens is 1. The molecular weight excluding hydrogens is 403 g/mol. The molecule has 0 spiro atoms. The molecule has 2 aromatic carbocycles. The van der Waals surface area contributed by atoms with Crippen molar-refractivity contribution in [3.8, 4) is 0 Å². The van der Waals surface area contributed by atoms with E-state index in [0.29, 0.717) is 31.0 Å². The number of pyridine rings is 1. The van der Waals surface area contributed by atoms with Gasteiger partial charge in [-0.05, 0) is 42.8 Å². The summed E-state index contributed by atoms with van der Waals surface area (Å²) in [5, 5.41) is 3.44. The van der Waals surface area contributed by atoms with Crippen LogP contribution >= 0.6 is 0 Å². The summed E-state index contributed by atoms with van der Waals surface area (Å²) in [6.45, 7) is 3.53. The van der Waals surface area contributed by atoms with E-state index in [4.69, 9.17) is 0 Å². The molecule has 1 fully saturated rings. The number of anilines is 1. The molecule has 1 aromatic heterocycles. The van der Waals surface area contributed by atoms with Gasteiger partial charge in [0, 0.05) is 54.4 Å². The van der Waals surface area contributed by atoms with Crippen molar-refractivity contribution in [3.05, 3.63) is 94.8 Å². The van der Waals surface area contributed by atoms with E-state index in [1.54, 1.807) is 13.0 Å². The van der Waals surface area contributed by atoms with Crippen LogP contribution in [0.5, 0.6) is 0 Å². The topological polar surface area (TPSA) is 45.2 Å². The average Bonchev–Trinajstić information content (AvgIpc) is 2.78. The number of ketones is 1. The molecule has 160 valence electrons. The number of piperazine rings is 1. The lowest BCUT2D eigenvalue weighted by atomic mass is 9.96. The number of alkyl halides is 3. The second kappa shape index (κ2) is 8.51. The largest absolute Gasteiger partial charge is 0.417 e. The Morgan fingerprint density at radius 1 is 1.06 bits per heavy atom. The van der Waals surface area contributed by atoms with Crippen LogP contribution in [0.15, 0.2) is 66.9 Å². The van der Waals surface area contributed by atoms with E-state index in [2.05, 4.69) is 10.3 Å². The third kappa shape index (κ3) is 4.46. The lowest BCUT2D eigenvalue weighted by Gasteiger charge is -2.36. The zero-order valence-corrected chi connectivity index (χ0v) is 17.0. The first-order valence-corrected chi connectivity index (χ1v) is 10.1. The molecule has 0 amide bonds. The summed E-state index contributed by atoms with van der Waals surface area (Å²) in [6.07, 6.45) is -3.12. The van der Waals surface area contributed by atoms with Crippen LogP contribution in [0.25, 0.3) is 0 Å². The van der Waals surface area contributed by atoms with Gasteiger partial charge in [0.25, 0.3) is 0 Å².